The van der Waals surface area contributed by atoms with E-state index in [0.29, 0.717) is 5.56 Å². The average Bonchev–Trinajstić information content (AvgIpc) is 2.52. The summed E-state index contributed by atoms with van der Waals surface area (Å²) in [6.45, 7) is 0.0135. The molecule has 114 valence electrons. The van der Waals surface area contributed by atoms with Gasteiger partial charge in [-0.15, -0.1) is 0 Å². The number of non-ortho nitro benzene ring substituents is 1. The molecule has 0 aromatic heterocycles. The second kappa shape index (κ2) is 6.66. The van der Waals surface area contributed by atoms with Gasteiger partial charge in [0.05, 0.1) is 12.0 Å². The van der Waals surface area contributed by atoms with Crippen molar-refractivity contribution in [2.75, 3.05) is 7.11 Å². The van der Waals surface area contributed by atoms with Crippen LogP contribution in [0, 0.1) is 15.9 Å². The van der Waals surface area contributed by atoms with Crippen LogP contribution in [-0.4, -0.2) is 18.0 Å². The second-order valence-corrected chi connectivity index (χ2v) is 4.35. The number of esters is 1. The molecule has 2 aromatic carbocycles. The predicted molar refractivity (Wildman–Crippen MR) is 75.2 cm³/mol. The molecule has 0 saturated heterocycles. The Bertz CT molecular complexity index is 717. The van der Waals surface area contributed by atoms with E-state index in [1.54, 1.807) is 6.07 Å². The predicted octanol–water partition coefficient (Wildman–Crippen LogP) is 3.10. The maximum absolute atomic E-state index is 13.1. The molecule has 2 rings (SSSR count). The van der Waals surface area contributed by atoms with Gasteiger partial charge in [0.2, 0.25) is 0 Å². The Balaban J connectivity index is 2.26. The summed E-state index contributed by atoms with van der Waals surface area (Å²) in [5.41, 5.74) is 0.251. The number of nitro groups is 1. The summed E-state index contributed by atoms with van der Waals surface area (Å²) < 4.78 is 23.1. The minimum absolute atomic E-state index is 0.0135. The molecule has 0 radical (unpaired) electrons. The number of ether oxygens (including phenoxy) is 2. The molecule has 6 nitrogen and oxygen atoms in total. The number of hydrogen-bond acceptors (Lipinski definition) is 5. The van der Waals surface area contributed by atoms with Crippen molar-refractivity contribution in [2.24, 2.45) is 0 Å². The topological polar surface area (TPSA) is 78.7 Å². The maximum Gasteiger partial charge on any atom is 0.341 e. The molecule has 0 heterocycles. The summed E-state index contributed by atoms with van der Waals surface area (Å²) in [6.07, 6.45) is 0. The third kappa shape index (κ3) is 3.57. The Hall–Kier alpha value is -2.96. The molecule has 0 aliphatic heterocycles. The fraction of sp³-hybridized carbons (Fsp3) is 0.133. The van der Waals surface area contributed by atoms with Crippen molar-refractivity contribution in [1.29, 1.82) is 0 Å². The quantitative estimate of drug-likeness (QED) is 0.482. The number of carbonyl (C=O) groups is 1. The van der Waals surface area contributed by atoms with Crippen LogP contribution in [0.2, 0.25) is 0 Å². The van der Waals surface area contributed by atoms with Crippen molar-refractivity contribution >= 4 is 11.7 Å². The molecule has 0 aliphatic rings. The minimum Gasteiger partial charge on any atom is -0.488 e. The molecule has 0 saturated carbocycles. The highest BCUT2D eigenvalue weighted by atomic mass is 19.1. The molecule has 7 heteroatoms. The van der Waals surface area contributed by atoms with Gasteiger partial charge in [-0.05, 0) is 23.8 Å². The highest BCUT2D eigenvalue weighted by Crippen LogP contribution is 2.25. The summed E-state index contributed by atoms with van der Waals surface area (Å²) in [5, 5.41) is 10.8. The van der Waals surface area contributed by atoms with Crippen LogP contribution in [0.15, 0.2) is 42.5 Å². The normalized spacial score (nSPS) is 10.1. The van der Waals surface area contributed by atoms with Gasteiger partial charge >= 0.3 is 5.97 Å². The molecule has 0 amide bonds. The Morgan fingerprint density at radius 2 is 2.05 bits per heavy atom. The van der Waals surface area contributed by atoms with E-state index in [0.717, 1.165) is 13.2 Å². The van der Waals surface area contributed by atoms with Gasteiger partial charge in [-0.25, -0.2) is 9.18 Å². The number of nitrogens with zero attached hydrogens (tertiary/aromatic N) is 1. The molecule has 0 spiro atoms. The van der Waals surface area contributed by atoms with E-state index < -0.39 is 16.7 Å². The van der Waals surface area contributed by atoms with E-state index in [4.69, 9.17) is 4.74 Å². The largest absolute Gasteiger partial charge is 0.488 e. The molecule has 0 N–H and O–H groups in total. The van der Waals surface area contributed by atoms with E-state index in [2.05, 4.69) is 4.74 Å². The van der Waals surface area contributed by atoms with Gasteiger partial charge in [-0.3, -0.25) is 10.1 Å². The van der Waals surface area contributed by atoms with Crippen molar-refractivity contribution in [1.82, 2.24) is 0 Å². The lowest BCUT2D eigenvalue weighted by atomic mass is 10.1. The molecular weight excluding hydrogens is 293 g/mol. The Morgan fingerprint density at radius 3 is 2.68 bits per heavy atom. The first-order chi connectivity index (χ1) is 10.5. The van der Waals surface area contributed by atoms with Crippen LogP contribution >= 0.6 is 0 Å². The first-order valence-corrected chi connectivity index (χ1v) is 6.25. The third-order valence-electron chi connectivity index (χ3n) is 2.86. The van der Waals surface area contributed by atoms with Crippen LogP contribution in [0.4, 0.5) is 10.1 Å². The van der Waals surface area contributed by atoms with Crippen LogP contribution in [0.5, 0.6) is 5.75 Å². The first kappa shape index (κ1) is 15.4. The lowest BCUT2D eigenvalue weighted by molar-refractivity contribution is -0.384. The Morgan fingerprint density at radius 1 is 1.27 bits per heavy atom. The van der Waals surface area contributed by atoms with Gasteiger partial charge in [0.25, 0.3) is 5.69 Å². The van der Waals surface area contributed by atoms with Crippen molar-refractivity contribution < 1.29 is 23.6 Å². The van der Waals surface area contributed by atoms with Gasteiger partial charge in [0, 0.05) is 12.1 Å². The lowest BCUT2D eigenvalue weighted by Crippen LogP contribution is -2.07. The molecule has 0 aliphatic carbocycles. The number of hydrogen-bond donors (Lipinski definition) is 0. The highest BCUT2D eigenvalue weighted by molar-refractivity contribution is 5.93. The lowest BCUT2D eigenvalue weighted by Gasteiger charge is -2.10. The van der Waals surface area contributed by atoms with Gasteiger partial charge in [0.1, 0.15) is 23.7 Å². The van der Waals surface area contributed by atoms with Crippen molar-refractivity contribution in [3.05, 3.63) is 69.5 Å². The molecule has 2 aromatic rings. The first-order valence-electron chi connectivity index (χ1n) is 6.25. The minimum atomic E-state index is -0.752. The van der Waals surface area contributed by atoms with Crippen molar-refractivity contribution in [3.63, 3.8) is 0 Å². The van der Waals surface area contributed by atoms with E-state index in [1.807, 2.05) is 0 Å². The van der Waals surface area contributed by atoms with Crippen LogP contribution in [0.3, 0.4) is 0 Å². The smallest absolute Gasteiger partial charge is 0.341 e. The maximum atomic E-state index is 13.1. The molecule has 0 bridgehead atoms. The number of halogens is 1. The van der Waals surface area contributed by atoms with Crippen LogP contribution in [0.25, 0.3) is 0 Å². The number of nitro benzene ring substituents is 1. The molecule has 0 fully saturated rings. The fourth-order valence-corrected chi connectivity index (χ4v) is 1.81. The van der Waals surface area contributed by atoms with Gasteiger partial charge in [-0.2, -0.15) is 0 Å². The summed E-state index contributed by atoms with van der Waals surface area (Å²) in [4.78, 5) is 21.8. The number of carbonyl (C=O) groups excluding carboxylic acids is 1. The van der Waals surface area contributed by atoms with Crippen molar-refractivity contribution in [3.8, 4) is 5.75 Å². The monoisotopic (exact) mass is 305 g/mol. The summed E-state index contributed by atoms with van der Waals surface area (Å²) >= 11 is 0. The molecule has 0 atom stereocenters. The summed E-state index contributed by atoms with van der Waals surface area (Å²) in [7, 11) is 1.16. The number of rotatable bonds is 5. The van der Waals surface area contributed by atoms with Crippen LogP contribution in [0.1, 0.15) is 15.9 Å². The number of benzene rings is 2. The number of methoxy groups -OCH3 is 1. The second-order valence-electron chi connectivity index (χ2n) is 4.35. The SMILES string of the molecule is COC(=O)c1cc([N+](=O)[O-])ccc1OCc1cccc(F)c1. The van der Waals surface area contributed by atoms with Crippen LogP contribution in [-0.2, 0) is 11.3 Å². The molecule has 22 heavy (non-hydrogen) atoms. The van der Waals surface area contributed by atoms with Gasteiger partial charge in [0.15, 0.2) is 0 Å². The zero-order valence-electron chi connectivity index (χ0n) is 11.6. The third-order valence-corrected chi connectivity index (χ3v) is 2.86. The van der Waals surface area contributed by atoms with Gasteiger partial charge in [-0.1, -0.05) is 12.1 Å². The Kier molecular flexibility index (Phi) is 4.67. The average molecular weight is 305 g/mol. The van der Waals surface area contributed by atoms with E-state index in [1.165, 1.54) is 30.3 Å². The summed E-state index contributed by atoms with van der Waals surface area (Å²) in [5.74, 6) is -1.03. The van der Waals surface area contributed by atoms with E-state index >= 15 is 0 Å². The highest BCUT2D eigenvalue weighted by Gasteiger charge is 2.18. The zero-order valence-corrected chi connectivity index (χ0v) is 11.6. The van der Waals surface area contributed by atoms with Gasteiger partial charge < -0.3 is 9.47 Å². The Labute approximate surface area is 125 Å². The van der Waals surface area contributed by atoms with E-state index in [-0.39, 0.29) is 23.6 Å². The zero-order chi connectivity index (χ0) is 16.1. The van der Waals surface area contributed by atoms with E-state index in [9.17, 15) is 19.3 Å². The van der Waals surface area contributed by atoms with Crippen LogP contribution < -0.4 is 4.74 Å². The molecular formula is C15H12FNO5. The standard InChI is InChI=1S/C15H12FNO5/c1-21-15(18)13-8-12(17(19)20)5-6-14(13)22-9-10-3-2-4-11(16)7-10/h2-8H,9H2,1H3. The fourth-order valence-electron chi connectivity index (χ4n) is 1.81. The molecule has 0 unspecified atom stereocenters. The van der Waals surface area contributed by atoms with Crippen molar-refractivity contribution in [2.45, 2.75) is 6.61 Å². The summed E-state index contributed by atoms with van der Waals surface area (Å²) in [6, 6.07) is 9.39.